The van der Waals surface area contributed by atoms with Crippen LogP contribution in [0.3, 0.4) is 0 Å². The summed E-state index contributed by atoms with van der Waals surface area (Å²) in [5, 5.41) is 0. The molecule has 1 fully saturated rings. The van der Waals surface area contributed by atoms with Crippen LogP contribution in [0.2, 0.25) is 0 Å². The molecule has 0 saturated carbocycles. The number of nitrogens with zero attached hydrogens (tertiary/aromatic N) is 1. The van der Waals surface area contributed by atoms with E-state index in [2.05, 4.69) is 4.74 Å². The summed E-state index contributed by atoms with van der Waals surface area (Å²) in [5.41, 5.74) is 0. The van der Waals surface area contributed by atoms with Gasteiger partial charge in [0, 0.05) is 6.42 Å². The van der Waals surface area contributed by atoms with Crippen LogP contribution in [0.1, 0.15) is 6.42 Å². The normalized spacial score (nSPS) is 21.8. The lowest BCUT2D eigenvalue weighted by atomic mass is 10.2. The van der Waals surface area contributed by atoms with E-state index >= 15 is 0 Å². The fourth-order valence-electron chi connectivity index (χ4n) is 1.26. The first kappa shape index (κ1) is 9.98. The molecule has 13 heavy (non-hydrogen) atoms. The number of ether oxygens (including phenoxy) is 2. The molecular weight excluding hydrogens is 174 g/mol. The van der Waals surface area contributed by atoms with Crippen LogP contribution < -0.4 is 0 Å². The molecule has 0 aromatic rings. The van der Waals surface area contributed by atoms with Crippen LogP contribution in [0.25, 0.3) is 0 Å². The SMILES string of the molecule is COC(=O)CN(C)C1CCOC1=O. The van der Waals surface area contributed by atoms with Gasteiger partial charge >= 0.3 is 11.9 Å². The maximum Gasteiger partial charge on any atom is 0.323 e. The van der Waals surface area contributed by atoms with E-state index in [1.54, 1.807) is 11.9 Å². The molecule has 0 aromatic carbocycles. The number of carbonyl (C=O) groups is 2. The predicted octanol–water partition coefficient (Wildman–Crippen LogP) is -0.593. The molecule has 1 saturated heterocycles. The van der Waals surface area contributed by atoms with E-state index in [1.807, 2.05) is 0 Å². The third-order valence-corrected chi connectivity index (χ3v) is 2.05. The largest absolute Gasteiger partial charge is 0.468 e. The van der Waals surface area contributed by atoms with Crippen molar-refractivity contribution < 1.29 is 19.1 Å². The Bertz CT molecular complexity index is 216. The van der Waals surface area contributed by atoms with Crippen LogP contribution >= 0.6 is 0 Å². The highest BCUT2D eigenvalue weighted by Crippen LogP contribution is 2.11. The summed E-state index contributed by atoms with van der Waals surface area (Å²) >= 11 is 0. The third-order valence-electron chi connectivity index (χ3n) is 2.05. The third kappa shape index (κ3) is 2.42. The first-order valence-electron chi connectivity index (χ1n) is 4.09. The Labute approximate surface area is 76.6 Å². The molecule has 74 valence electrons. The van der Waals surface area contributed by atoms with Crippen molar-refractivity contribution in [1.29, 1.82) is 0 Å². The van der Waals surface area contributed by atoms with Gasteiger partial charge in [-0.25, -0.2) is 0 Å². The van der Waals surface area contributed by atoms with Gasteiger partial charge in [0.05, 0.1) is 20.3 Å². The average molecular weight is 187 g/mol. The van der Waals surface area contributed by atoms with E-state index in [0.29, 0.717) is 13.0 Å². The van der Waals surface area contributed by atoms with Gasteiger partial charge in [-0.1, -0.05) is 0 Å². The summed E-state index contributed by atoms with van der Waals surface area (Å²) in [5.74, 6) is -0.603. The van der Waals surface area contributed by atoms with E-state index in [1.165, 1.54) is 7.11 Å². The highest BCUT2D eigenvalue weighted by molar-refractivity contribution is 5.79. The molecule has 1 atom stereocenters. The second-order valence-electron chi connectivity index (χ2n) is 2.96. The number of carbonyl (C=O) groups excluding carboxylic acids is 2. The standard InChI is InChI=1S/C8H13NO4/c1-9(5-7(10)12-2)6-3-4-13-8(6)11/h6H,3-5H2,1-2H3. The zero-order valence-corrected chi connectivity index (χ0v) is 7.78. The van der Waals surface area contributed by atoms with Gasteiger partial charge in [-0.15, -0.1) is 0 Å². The molecule has 1 heterocycles. The van der Waals surface area contributed by atoms with Gasteiger partial charge in [-0.05, 0) is 7.05 Å². The summed E-state index contributed by atoms with van der Waals surface area (Å²) in [6.45, 7) is 0.561. The molecule has 0 radical (unpaired) electrons. The number of hydrogen-bond acceptors (Lipinski definition) is 5. The van der Waals surface area contributed by atoms with Crippen LogP contribution in [0.15, 0.2) is 0 Å². The lowest BCUT2D eigenvalue weighted by Gasteiger charge is -2.18. The van der Waals surface area contributed by atoms with Crippen molar-refractivity contribution in [2.24, 2.45) is 0 Å². The molecule has 5 heteroatoms. The van der Waals surface area contributed by atoms with Crippen LogP contribution in [-0.4, -0.2) is 50.2 Å². The van der Waals surface area contributed by atoms with Crippen molar-refractivity contribution in [2.75, 3.05) is 27.3 Å². The molecule has 1 aliphatic rings. The van der Waals surface area contributed by atoms with Crippen molar-refractivity contribution in [2.45, 2.75) is 12.5 Å². The van der Waals surface area contributed by atoms with Crippen molar-refractivity contribution in [1.82, 2.24) is 4.90 Å². The molecule has 1 rings (SSSR count). The topological polar surface area (TPSA) is 55.8 Å². The van der Waals surface area contributed by atoms with Crippen LogP contribution in [0.5, 0.6) is 0 Å². The van der Waals surface area contributed by atoms with Crippen molar-refractivity contribution in [3.63, 3.8) is 0 Å². The van der Waals surface area contributed by atoms with E-state index in [-0.39, 0.29) is 24.5 Å². The summed E-state index contributed by atoms with van der Waals surface area (Å²) in [7, 11) is 3.03. The maximum atomic E-state index is 11.1. The quantitative estimate of drug-likeness (QED) is 0.552. The van der Waals surface area contributed by atoms with E-state index in [4.69, 9.17) is 4.74 Å². The minimum atomic E-state index is -0.345. The Morgan fingerprint density at radius 1 is 1.77 bits per heavy atom. The molecule has 0 spiro atoms. The van der Waals surface area contributed by atoms with Gasteiger partial charge in [-0.3, -0.25) is 14.5 Å². The highest BCUT2D eigenvalue weighted by atomic mass is 16.5. The van der Waals surface area contributed by atoms with Gasteiger partial charge < -0.3 is 9.47 Å². The van der Waals surface area contributed by atoms with Crippen molar-refractivity contribution in [3.05, 3.63) is 0 Å². The Kier molecular flexibility index (Phi) is 3.25. The summed E-state index contributed by atoms with van der Waals surface area (Å²) in [4.78, 5) is 23.6. The number of methoxy groups -OCH3 is 1. The molecule has 0 amide bonds. The molecular formula is C8H13NO4. The smallest absolute Gasteiger partial charge is 0.323 e. The molecule has 5 nitrogen and oxygen atoms in total. The second-order valence-corrected chi connectivity index (χ2v) is 2.96. The minimum Gasteiger partial charge on any atom is -0.468 e. The van der Waals surface area contributed by atoms with Gasteiger partial charge in [0.1, 0.15) is 6.04 Å². The Balaban J connectivity index is 2.42. The average Bonchev–Trinajstić information content (AvgIpc) is 2.51. The minimum absolute atomic E-state index is 0.121. The first-order chi connectivity index (χ1) is 6.15. The first-order valence-corrected chi connectivity index (χ1v) is 4.09. The molecule has 0 bridgehead atoms. The van der Waals surface area contributed by atoms with Gasteiger partial charge in [0.2, 0.25) is 0 Å². The summed E-state index contributed by atoms with van der Waals surface area (Å²) in [6, 6.07) is -0.293. The number of esters is 2. The van der Waals surface area contributed by atoms with Crippen LogP contribution in [0.4, 0.5) is 0 Å². The van der Waals surface area contributed by atoms with E-state index < -0.39 is 0 Å². The van der Waals surface area contributed by atoms with Crippen molar-refractivity contribution >= 4 is 11.9 Å². The second kappa shape index (κ2) is 4.23. The lowest BCUT2D eigenvalue weighted by Crippen LogP contribution is -2.39. The Morgan fingerprint density at radius 2 is 2.46 bits per heavy atom. The molecule has 0 aromatic heterocycles. The summed E-state index contributed by atoms with van der Waals surface area (Å²) < 4.78 is 9.25. The molecule has 0 aliphatic carbocycles. The zero-order valence-electron chi connectivity index (χ0n) is 7.78. The monoisotopic (exact) mass is 187 g/mol. The lowest BCUT2D eigenvalue weighted by molar-refractivity contribution is -0.145. The van der Waals surface area contributed by atoms with Gasteiger partial charge in [0.25, 0.3) is 0 Å². The maximum absolute atomic E-state index is 11.1. The number of cyclic esters (lactones) is 1. The van der Waals surface area contributed by atoms with Crippen LogP contribution in [-0.2, 0) is 19.1 Å². The number of likely N-dealkylation sites (N-methyl/N-ethyl adjacent to an activating group) is 1. The van der Waals surface area contributed by atoms with Gasteiger partial charge in [0.15, 0.2) is 0 Å². The predicted molar refractivity (Wildman–Crippen MR) is 44.0 cm³/mol. The summed E-state index contributed by atoms with van der Waals surface area (Å²) in [6.07, 6.45) is 0.645. The highest BCUT2D eigenvalue weighted by Gasteiger charge is 2.31. The number of hydrogen-bond donors (Lipinski definition) is 0. The van der Waals surface area contributed by atoms with E-state index in [9.17, 15) is 9.59 Å². The zero-order chi connectivity index (χ0) is 9.84. The van der Waals surface area contributed by atoms with Gasteiger partial charge in [-0.2, -0.15) is 0 Å². The van der Waals surface area contributed by atoms with Crippen molar-refractivity contribution in [3.8, 4) is 0 Å². The Hall–Kier alpha value is -1.10. The number of rotatable bonds is 3. The fraction of sp³-hybridized carbons (Fsp3) is 0.750. The fourth-order valence-corrected chi connectivity index (χ4v) is 1.26. The molecule has 1 unspecified atom stereocenters. The Morgan fingerprint density at radius 3 is 2.92 bits per heavy atom. The molecule has 0 N–H and O–H groups in total. The van der Waals surface area contributed by atoms with E-state index in [0.717, 1.165) is 0 Å². The molecule has 1 aliphatic heterocycles. The van der Waals surface area contributed by atoms with Crippen LogP contribution in [0, 0.1) is 0 Å².